The second kappa shape index (κ2) is 4.88. The highest BCUT2D eigenvalue weighted by atomic mass is 35.5. The van der Waals surface area contributed by atoms with Gasteiger partial charge in [0.05, 0.1) is 6.54 Å². The second-order valence-electron chi connectivity index (χ2n) is 3.34. The molecule has 0 radical (unpaired) electrons. The number of aromatic nitrogens is 1. The van der Waals surface area contributed by atoms with Crippen molar-refractivity contribution in [3.8, 4) is 11.3 Å². The maximum absolute atomic E-state index is 10.3. The average Bonchev–Trinajstić information content (AvgIpc) is 2.76. The zero-order valence-corrected chi connectivity index (χ0v) is 9.44. The molecule has 2 N–H and O–H groups in total. The van der Waals surface area contributed by atoms with Crippen molar-refractivity contribution in [1.82, 2.24) is 10.5 Å². The number of halogens is 1. The third-order valence-electron chi connectivity index (χ3n) is 2.11. The van der Waals surface area contributed by atoms with Crippen molar-refractivity contribution in [2.75, 3.05) is 0 Å². The van der Waals surface area contributed by atoms with Gasteiger partial charge in [-0.1, -0.05) is 28.9 Å². The lowest BCUT2D eigenvalue weighted by Gasteiger charge is -1.94. The number of carboxylic acid groups (broad SMARTS) is 1. The van der Waals surface area contributed by atoms with E-state index in [2.05, 4.69) is 10.5 Å². The van der Waals surface area contributed by atoms with Crippen molar-refractivity contribution in [2.45, 2.75) is 6.54 Å². The number of nitrogens with one attached hydrogen (secondary N) is 1. The fraction of sp³-hybridized carbons (Fsp3) is 0.0909. The molecule has 0 aliphatic carbocycles. The van der Waals surface area contributed by atoms with Crippen LogP contribution in [0.1, 0.15) is 5.76 Å². The van der Waals surface area contributed by atoms with Gasteiger partial charge < -0.3 is 14.9 Å². The van der Waals surface area contributed by atoms with E-state index in [0.29, 0.717) is 16.5 Å². The third kappa shape index (κ3) is 2.98. The van der Waals surface area contributed by atoms with Gasteiger partial charge in [0.15, 0.2) is 5.76 Å². The number of hydrogen-bond acceptors (Lipinski definition) is 3. The van der Waals surface area contributed by atoms with Gasteiger partial charge in [0.2, 0.25) is 0 Å². The van der Waals surface area contributed by atoms with Crippen LogP contribution in [0.3, 0.4) is 0 Å². The monoisotopic (exact) mass is 252 g/mol. The fourth-order valence-electron chi connectivity index (χ4n) is 1.32. The normalized spacial score (nSPS) is 10.2. The van der Waals surface area contributed by atoms with Gasteiger partial charge >= 0.3 is 6.09 Å². The van der Waals surface area contributed by atoms with E-state index in [9.17, 15) is 4.79 Å². The first-order chi connectivity index (χ1) is 8.15. The van der Waals surface area contributed by atoms with E-state index in [0.717, 1.165) is 5.56 Å². The standard InChI is InChI=1S/C11H9ClN2O3/c12-8-3-1-7(2-4-8)10-5-9(17-14-10)6-13-11(15)16/h1-5,13H,6H2,(H,15,16). The predicted octanol–water partition coefficient (Wildman–Crippen LogP) is 2.76. The first-order valence-corrected chi connectivity index (χ1v) is 5.21. The Bertz CT molecular complexity index is 522. The molecule has 1 heterocycles. The van der Waals surface area contributed by atoms with Crippen LogP contribution >= 0.6 is 11.6 Å². The van der Waals surface area contributed by atoms with Crippen molar-refractivity contribution in [1.29, 1.82) is 0 Å². The van der Waals surface area contributed by atoms with Gasteiger partial charge in [-0.25, -0.2) is 4.79 Å². The van der Waals surface area contributed by atoms with E-state index < -0.39 is 6.09 Å². The quantitative estimate of drug-likeness (QED) is 0.881. The zero-order valence-electron chi connectivity index (χ0n) is 8.68. The van der Waals surface area contributed by atoms with Crippen molar-refractivity contribution in [3.05, 3.63) is 41.1 Å². The van der Waals surface area contributed by atoms with E-state index in [4.69, 9.17) is 21.2 Å². The van der Waals surface area contributed by atoms with Gasteiger partial charge in [-0.15, -0.1) is 0 Å². The molecule has 2 rings (SSSR count). The van der Waals surface area contributed by atoms with E-state index in [1.54, 1.807) is 18.2 Å². The number of rotatable bonds is 3. The highest BCUT2D eigenvalue weighted by molar-refractivity contribution is 6.30. The van der Waals surface area contributed by atoms with Gasteiger partial charge in [-0.3, -0.25) is 0 Å². The third-order valence-corrected chi connectivity index (χ3v) is 2.36. The van der Waals surface area contributed by atoms with Crippen LogP contribution in [0.25, 0.3) is 11.3 Å². The van der Waals surface area contributed by atoms with E-state index in [-0.39, 0.29) is 6.54 Å². The lowest BCUT2D eigenvalue weighted by atomic mass is 10.1. The Hall–Kier alpha value is -2.01. The summed E-state index contributed by atoms with van der Waals surface area (Å²) in [5, 5.41) is 15.1. The van der Waals surface area contributed by atoms with Crippen LogP contribution in [0.2, 0.25) is 5.02 Å². The van der Waals surface area contributed by atoms with Crippen LogP contribution in [0.4, 0.5) is 4.79 Å². The molecule has 0 spiro atoms. The SMILES string of the molecule is O=C(O)NCc1cc(-c2ccc(Cl)cc2)no1. The highest BCUT2D eigenvalue weighted by Crippen LogP contribution is 2.21. The van der Waals surface area contributed by atoms with Crippen LogP contribution in [0, 0.1) is 0 Å². The minimum atomic E-state index is -1.10. The van der Waals surface area contributed by atoms with Crippen LogP contribution in [0.5, 0.6) is 0 Å². The molecule has 0 saturated heterocycles. The average molecular weight is 253 g/mol. The molecule has 0 bridgehead atoms. The van der Waals surface area contributed by atoms with Gasteiger partial charge in [-0.2, -0.15) is 0 Å². The fourth-order valence-corrected chi connectivity index (χ4v) is 1.44. The lowest BCUT2D eigenvalue weighted by molar-refractivity contribution is 0.192. The van der Waals surface area contributed by atoms with E-state index in [1.165, 1.54) is 0 Å². The topological polar surface area (TPSA) is 75.4 Å². The number of carbonyl (C=O) groups is 1. The van der Waals surface area contributed by atoms with Crippen molar-refractivity contribution >= 4 is 17.7 Å². The molecule has 17 heavy (non-hydrogen) atoms. The molecule has 0 aliphatic heterocycles. The van der Waals surface area contributed by atoms with Crippen LogP contribution in [-0.4, -0.2) is 16.4 Å². The van der Waals surface area contributed by atoms with Gasteiger partial charge in [0.25, 0.3) is 0 Å². The first kappa shape index (κ1) is 11.5. The summed E-state index contributed by atoms with van der Waals surface area (Å²) >= 11 is 5.77. The Morgan fingerprint density at radius 1 is 1.41 bits per heavy atom. The number of hydrogen-bond donors (Lipinski definition) is 2. The van der Waals surface area contributed by atoms with Crippen molar-refractivity contribution in [2.24, 2.45) is 0 Å². The van der Waals surface area contributed by atoms with Gasteiger partial charge in [0.1, 0.15) is 5.69 Å². The van der Waals surface area contributed by atoms with Gasteiger partial charge in [0, 0.05) is 16.7 Å². The number of nitrogens with zero attached hydrogens (tertiary/aromatic N) is 1. The van der Waals surface area contributed by atoms with Crippen LogP contribution in [0.15, 0.2) is 34.9 Å². The predicted molar refractivity (Wildman–Crippen MR) is 61.8 cm³/mol. The summed E-state index contributed by atoms with van der Waals surface area (Å²) in [5.41, 5.74) is 1.50. The molecule has 1 aromatic heterocycles. The summed E-state index contributed by atoms with van der Waals surface area (Å²) in [6.45, 7) is 0.0932. The molecule has 0 saturated carbocycles. The summed E-state index contributed by atoms with van der Waals surface area (Å²) < 4.78 is 4.99. The molecule has 1 aromatic carbocycles. The minimum absolute atomic E-state index is 0.0932. The molecule has 6 heteroatoms. The van der Waals surface area contributed by atoms with Crippen molar-refractivity contribution in [3.63, 3.8) is 0 Å². The van der Waals surface area contributed by atoms with E-state index >= 15 is 0 Å². The molecule has 0 unspecified atom stereocenters. The minimum Gasteiger partial charge on any atom is -0.465 e. The summed E-state index contributed by atoms with van der Waals surface area (Å²) in [7, 11) is 0. The Kier molecular flexibility index (Phi) is 3.30. The van der Waals surface area contributed by atoms with Crippen molar-refractivity contribution < 1.29 is 14.4 Å². The van der Waals surface area contributed by atoms with Crippen LogP contribution in [-0.2, 0) is 6.54 Å². The smallest absolute Gasteiger partial charge is 0.405 e. The Labute approximate surface area is 102 Å². The maximum atomic E-state index is 10.3. The Balaban J connectivity index is 2.12. The molecule has 5 nitrogen and oxygen atoms in total. The number of amides is 1. The zero-order chi connectivity index (χ0) is 12.3. The molecule has 0 aliphatic rings. The lowest BCUT2D eigenvalue weighted by Crippen LogP contribution is -2.19. The second-order valence-corrected chi connectivity index (χ2v) is 3.78. The largest absolute Gasteiger partial charge is 0.465 e. The first-order valence-electron chi connectivity index (χ1n) is 4.83. The molecule has 0 fully saturated rings. The summed E-state index contributed by atoms with van der Waals surface area (Å²) in [6, 6.07) is 8.81. The van der Waals surface area contributed by atoms with Gasteiger partial charge in [-0.05, 0) is 12.1 Å². The molecule has 1 amide bonds. The molecular formula is C11H9ClN2O3. The summed E-state index contributed by atoms with van der Waals surface area (Å²) in [5.74, 6) is 0.456. The van der Waals surface area contributed by atoms with Crippen LogP contribution < -0.4 is 5.32 Å². The molecule has 2 aromatic rings. The maximum Gasteiger partial charge on any atom is 0.405 e. The highest BCUT2D eigenvalue weighted by Gasteiger charge is 2.07. The Morgan fingerprint density at radius 3 is 2.76 bits per heavy atom. The number of benzene rings is 1. The summed E-state index contributed by atoms with van der Waals surface area (Å²) in [6.07, 6.45) is -1.10. The molecular weight excluding hydrogens is 244 g/mol. The molecule has 88 valence electrons. The molecule has 0 atom stereocenters. The van der Waals surface area contributed by atoms with E-state index in [1.807, 2.05) is 12.1 Å². The summed E-state index contributed by atoms with van der Waals surface area (Å²) in [4.78, 5) is 10.3. The Morgan fingerprint density at radius 2 is 2.12 bits per heavy atom.